The van der Waals surface area contributed by atoms with E-state index in [4.69, 9.17) is 9.73 Å². The Hall–Kier alpha value is -1.66. The summed E-state index contributed by atoms with van der Waals surface area (Å²) in [5.41, 5.74) is 1.53. The van der Waals surface area contributed by atoms with Crippen LogP contribution in [-0.2, 0) is 11.3 Å². The molecule has 0 bridgehead atoms. The molecule has 5 rings (SSSR count). The van der Waals surface area contributed by atoms with Crippen LogP contribution in [0.3, 0.4) is 0 Å². The number of rotatable bonds is 5. The first kappa shape index (κ1) is 21.2. The van der Waals surface area contributed by atoms with E-state index in [0.29, 0.717) is 29.5 Å². The summed E-state index contributed by atoms with van der Waals surface area (Å²) in [6.07, 6.45) is 9.15. The zero-order valence-corrected chi connectivity index (χ0v) is 18.8. The van der Waals surface area contributed by atoms with Gasteiger partial charge in [0.1, 0.15) is 5.82 Å². The first-order chi connectivity index (χ1) is 15.2. The molecule has 170 valence electrons. The van der Waals surface area contributed by atoms with Gasteiger partial charge in [0.25, 0.3) is 0 Å². The largest absolute Gasteiger partial charge is 0.377 e. The van der Waals surface area contributed by atoms with Crippen LogP contribution in [0.4, 0.5) is 4.39 Å². The van der Waals surface area contributed by atoms with Crippen molar-refractivity contribution in [1.29, 1.82) is 0 Å². The third kappa shape index (κ3) is 4.21. The molecule has 1 aromatic carbocycles. The molecule has 2 saturated carbocycles. The Labute approximate surface area is 185 Å². The molecule has 2 N–H and O–H groups in total. The number of hydrogen-bond acceptors (Lipinski definition) is 3. The highest BCUT2D eigenvalue weighted by atomic mass is 19.1. The Balaban J connectivity index is 1.15. The lowest BCUT2D eigenvalue weighted by Crippen LogP contribution is -2.69. The smallest absolute Gasteiger partial charge is 0.191 e. The Bertz CT molecular complexity index is 768. The van der Waals surface area contributed by atoms with Gasteiger partial charge in [0.05, 0.1) is 6.10 Å². The number of likely N-dealkylation sites (tertiary alicyclic amines) is 1. The van der Waals surface area contributed by atoms with Gasteiger partial charge in [-0.1, -0.05) is 25.0 Å². The number of ether oxygens (including phenoxy) is 1. The molecule has 0 aromatic heterocycles. The summed E-state index contributed by atoms with van der Waals surface area (Å²) in [7, 11) is 0. The van der Waals surface area contributed by atoms with Crippen molar-refractivity contribution in [3.05, 3.63) is 35.6 Å². The van der Waals surface area contributed by atoms with E-state index in [-0.39, 0.29) is 5.82 Å². The summed E-state index contributed by atoms with van der Waals surface area (Å²) in [6, 6.07) is 7.87. The number of nitrogens with zero attached hydrogens (tertiary/aromatic N) is 2. The molecule has 1 spiro atoms. The van der Waals surface area contributed by atoms with Gasteiger partial charge in [-0.3, -0.25) is 9.89 Å². The molecule has 3 unspecified atom stereocenters. The summed E-state index contributed by atoms with van der Waals surface area (Å²) in [6.45, 7) is 6.84. The Kier molecular flexibility index (Phi) is 6.20. The molecular weight excluding hydrogens is 391 g/mol. The molecule has 2 saturated heterocycles. The van der Waals surface area contributed by atoms with E-state index in [2.05, 4.69) is 22.5 Å². The minimum absolute atomic E-state index is 0.164. The minimum Gasteiger partial charge on any atom is -0.377 e. The van der Waals surface area contributed by atoms with Gasteiger partial charge in [-0.05, 0) is 56.7 Å². The maximum Gasteiger partial charge on any atom is 0.191 e. The fourth-order valence-electron chi connectivity index (χ4n) is 6.62. The molecule has 4 fully saturated rings. The Morgan fingerprint density at radius 2 is 1.87 bits per heavy atom. The van der Waals surface area contributed by atoms with E-state index in [0.717, 1.165) is 51.6 Å². The van der Waals surface area contributed by atoms with Gasteiger partial charge in [-0.2, -0.15) is 0 Å². The lowest BCUT2D eigenvalue weighted by atomic mass is 9.54. The third-order valence-corrected chi connectivity index (χ3v) is 8.14. The van der Waals surface area contributed by atoms with Crippen molar-refractivity contribution in [3.8, 4) is 0 Å². The van der Waals surface area contributed by atoms with E-state index >= 15 is 0 Å². The van der Waals surface area contributed by atoms with Crippen LogP contribution in [0.2, 0.25) is 0 Å². The van der Waals surface area contributed by atoms with Crippen molar-refractivity contribution in [2.45, 2.75) is 76.6 Å². The molecule has 5 nitrogen and oxygen atoms in total. The van der Waals surface area contributed by atoms with Gasteiger partial charge >= 0.3 is 0 Å². The molecule has 3 atom stereocenters. The quantitative estimate of drug-likeness (QED) is 0.555. The zero-order valence-electron chi connectivity index (χ0n) is 18.8. The normalized spacial score (nSPS) is 30.9. The van der Waals surface area contributed by atoms with Crippen molar-refractivity contribution >= 4 is 5.96 Å². The van der Waals surface area contributed by atoms with Crippen molar-refractivity contribution in [3.63, 3.8) is 0 Å². The van der Waals surface area contributed by atoms with Gasteiger partial charge < -0.3 is 15.4 Å². The predicted octanol–water partition coefficient (Wildman–Crippen LogP) is 3.69. The fourth-order valence-corrected chi connectivity index (χ4v) is 6.62. The predicted molar refractivity (Wildman–Crippen MR) is 121 cm³/mol. The van der Waals surface area contributed by atoms with Gasteiger partial charge in [-0.15, -0.1) is 0 Å². The van der Waals surface area contributed by atoms with Crippen molar-refractivity contribution in [2.75, 3.05) is 26.2 Å². The monoisotopic (exact) mass is 428 g/mol. The molecule has 0 radical (unpaired) electrons. The lowest BCUT2D eigenvalue weighted by Gasteiger charge is -2.57. The Morgan fingerprint density at radius 3 is 2.58 bits per heavy atom. The zero-order chi connectivity index (χ0) is 21.3. The molecule has 2 aliphatic heterocycles. The highest BCUT2D eigenvalue weighted by Gasteiger charge is 2.65. The van der Waals surface area contributed by atoms with Crippen molar-refractivity contribution in [1.82, 2.24) is 15.5 Å². The molecule has 0 amide bonds. The SMILES string of the molecule is CCN=C(NC1CCN(Cc2ccc(F)cc2)CC1)NC1C2CCOC2C12CCCC2. The van der Waals surface area contributed by atoms with Crippen molar-refractivity contribution in [2.24, 2.45) is 16.3 Å². The second-order valence-corrected chi connectivity index (χ2v) is 9.95. The molecule has 4 aliphatic rings. The first-order valence-electron chi connectivity index (χ1n) is 12.3. The van der Waals surface area contributed by atoms with Crippen LogP contribution in [0.1, 0.15) is 57.4 Å². The van der Waals surface area contributed by atoms with E-state index in [9.17, 15) is 4.39 Å². The molecule has 2 heterocycles. The highest BCUT2D eigenvalue weighted by Crippen LogP contribution is 2.60. The first-order valence-corrected chi connectivity index (χ1v) is 12.3. The average molecular weight is 429 g/mol. The van der Waals surface area contributed by atoms with Crippen LogP contribution in [-0.4, -0.2) is 55.3 Å². The van der Waals surface area contributed by atoms with Crippen LogP contribution in [0.5, 0.6) is 0 Å². The summed E-state index contributed by atoms with van der Waals surface area (Å²) in [5.74, 6) is 1.49. The topological polar surface area (TPSA) is 48.9 Å². The number of halogens is 1. The lowest BCUT2D eigenvalue weighted by molar-refractivity contribution is -0.125. The van der Waals surface area contributed by atoms with E-state index in [1.165, 1.54) is 37.7 Å². The maximum absolute atomic E-state index is 13.1. The molecule has 6 heteroatoms. The Morgan fingerprint density at radius 1 is 1.13 bits per heavy atom. The average Bonchev–Trinajstić information content (AvgIpc) is 3.44. The highest BCUT2D eigenvalue weighted by molar-refractivity contribution is 5.80. The number of guanidine groups is 1. The standard InChI is InChI=1S/C25H37FN4O/c1-2-27-24(29-22-21-11-16-31-23(21)25(22)12-3-4-13-25)28-20-9-14-30(15-10-20)17-18-5-7-19(26)8-6-18/h5-8,20-23H,2-4,9-17H2,1H3,(H2,27,28,29). The summed E-state index contributed by atoms with van der Waals surface area (Å²) >= 11 is 0. The maximum atomic E-state index is 13.1. The number of piperidine rings is 1. The van der Waals surface area contributed by atoms with Crippen LogP contribution in [0.15, 0.2) is 29.3 Å². The molecular formula is C25H37FN4O. The number of fused-ring (bicyclic) bond motifs is 2. The summed E-state index contributed by atoms with van der Waals surface area (Å²) < 4.78 is 19.3. The van der Waals surface area contributed by atoms with Gasteiger partial charge in [-0.25, -0.2) is 4.39 Å². The second-order valence-electron chi connectivity index (χ2n) is 9.95. The number of aliphatic imine (C=N–C) groups is 1. The van der Waals surface area contributed by atoms with E-state index in [1.807, 2.05) is 12.1 Å². The molecule has 31 heavy (non-hydrogen) atoms. The van der Waals surface area contributed by atoms with Crippen LogP contribution in [0, 0.1) is 17.2 Å². The van der Waals surface area contributed by atoms with Gasteiger partial charge in [0.15, 0.2) is 5.96 Å². The van der Waals surface area contributed by atoms with Crippen LogP contribution in [0.25, 0.3) is 0 Å². The number of nitrogens with one attached hydrogen (secondary N) is 2. The summed E-state index contributed by atoms with van der Waals surface area (Å²) in [5, 5.41) is 7.63. The number of hydrogen-bond donors (Lipinski definition) is 2. The third-order valence-electron chi connectivity index (χ3n) is 8.14. The van der Waals surface area contributed by atoms with Crippen molar-refractivity contribution < 1.29 is 9.13 Å². The molecule has 1 aromatic rings. The second kappa shape index (κ2) is 9.07. The van der Waals surface area contributed by atoms with E-state index in [1.54, 1.807) is 12.1 Å². The van der Waals surface area contributed by atoms with Crippen LogP contribution < -0.4 is 10.6 Å². The van der Waals surface area contributed by atoms with Crippen LogP contribution >= 0.6 is 0 Å². The summed E-state index contributed by atoms with van der Waals surface area (Å²) in [4.78, 5) is 7.28. The molecule has 2 aliphatic carbocycles. The van der Waals surface area contributed by atoms with Gasteiger partial charge in [0, 0.05) is 56.2 Å². The van der Waals surface area contributed by atoms with Gasteiger partial charge in [0.2, 0.25) is 0 Å². The fraction of sp³-hybridized carbons (Fsp3) is 0.720. The number of benzene rings is 1. The van der Waals surface area contributed by atoms with E-state index < -0.39 is 0 Å². The minimum atomic E-state index is -0.164.